The van der Waals surface area contributed by atoms with E-state index in [0.29, 0.717) is 11.1 Å². The van der Waals surface area contributed by atoms with Crippen molar-refractivity contribution in [2.75, 3.05) is 7.11 Å². The maximum atomic E-state index is 5.97. The fourth-order valence-corrected chi connectivity index (χ4v) is 2.83. The highest BCUT2D eigenvalue weighted by atomic mass is 35.5. The van der Waals surface area contributed by atoms with E-state index in [1.807, 2.05) is 48.5 Å². The van der Waals surface area contributed by atoms with Crippen molar-refractivity contribution >= 4 is 23.4 Å². The van der Waals surface area contributed by atoms with Gasteiger partial charge in [0, 0.05) is 16.3 Å². The summed E-state index contributed by atoms with van der Waals surface area (Å²) in [5.41, 5.74) is 1.94. The summed E-state index contributed by atoms with van der Waals surface area (Å²) in [6.45, 7) is 0. The quantitative estimate of drug-likeness (QED) is 0.634. The van der Waals surface area contributed by atoms with Crippen LogP contribution in [0.2, 0.25) is 5.02 Å². The molecule has 0 bridgehead atoms. The van der Waals surface area contributed by atoms with Gasteiger partial charge in [-0.1, -0.05) is 41.6 Å². The van der Waals surface area contributed by atoms with Gasteiger partial charge in [-0.05, 0) is 35.9 Å². The van der Waals surface area contributed by atoms with Gasteiger partial charge in [-0.25, -0.2) is 0 Å². The van der Waals surface area contributed by atoms with E-state index in [-0.39, 0.29) is 0 Å². The van der Waals surface area contributed by atoms with Crippen LogP contribution in [0.1, 0.15) is 5.56 Å². The molecule has 1 heterocycles. The number of halogens is 1. The molecular weight excluding hydrogens is 320 g/mol. The molecule has 0 unspecified atom stereocenters. The summed E-state index contributed by atoms with van der Waals surface area (Å²) in [4.78, 5) is 0. The Morgan fingerprint density at radius 2 is 2.00 bits per heavy atom. The van der Waals surface area contributed by atoms with E-state index in [0.717, 1.165) is 27.7 Å². The number of aromatic nitrogens is 2. The Hall–Kier alpha value is -1.98. The molecular formula is C16H13ClN2O2S. The molecule has 6 heteroatoms. The topological polar surface area (TPSA) is 48.2 Å². The first-order valence-electron chi connectivity index (χ1n) is 6.60. The van der Waals surface area contributed by atoms with Crippen LogP contribution >= 0.6 is 23.4 Å². The molecule has 0 aliphatic rings. The van der Waals surface area contributed by atoms with Crippen LogP contribution in [-0.4, -0.2) is 17.3 Å². The molecule has 0 amide bonds. The fraction of sp³-hybridized carbons (Fsp3) is 0.125. The van der Waals surface area contributed by atoms with E-state index in [2.05, 4.69) is 10.2 Å². The monoisotopic (exact) mass is 332 g/mol. The van der Waals surface area contributed by atoms with Crippen LogP contribution in [-0.2, 0) is 5.75 Å². The molecule has 0 atom stereocenters. The molecule has 0 aliphatic carbocycles. The highest BCUT2D eigenvalue weighted by Crippen LogP contribution is 2.27. The van der Waals surface area contributed by atoms with Crippen LogP contribution in [0.4, 0.5) is 0 Å². The number of ether oxygens (including phenoxy) is 1. The van der Waals surface area contributed by atoms with Gasteiger partial charge in [0.25, 0.3) is 5.22 Å². The zero-order valence-corrected chi connectivity index (χ0v) is 13.4. The Morgan fingerprint density at radius 1 is 1.14 bits per heavy atom. The van der Waals surface area contributed by atoms with E-state index >= 15 is 0 Å². The highest BCUT2D eigenvalue weighted by Gasteiger charge is 2.10. The number of hydrogen-bond acceptors (Lipinski definition) is 5. The lowest BCUT2D eigenvalue weighted by atomic mass is 10.2. The highest BCUT2D eigenvalue weighted by molar-refractivity contribution is 7.98. The van der Waals surface area contributed by atoms with Gasteiger partial charge >= 0.3 is 0 Å². The van der Waals surface area contributed by atoms with Crippen molar-refractivity contribution in [2.45, 2.75) is 11.0 Å². The van der Waals surface area contributed by atoms with Crippen LogP contribution < -0.4 is 4.74 Å². The van der Waals surface area contributed by atoms with Crippen LogP contribution in [0, 0.1) is 0 Å². The Kier molecular flexibility index (Phi) is 4.65. The van der Waals surface area contributed by atoms with Crippen molar-refractivity contribution in [1.29, 1.82) is 0 Å². The predicted molar refractivity (Wildman–Crippen MR) is 87.3 cm³/mol. The molecule has 0 saturated heterocycles. The van der Waals surface area contributed by atoms with Gasteiger partial charge in [-0.2, -0.15) is 0 Å². The third-order valence-corrected chi connectivity index (χ3v) is 4.10. The first-order valence-corrected chi connectivity index (χ1v) is 7.96. The molecule has 0 aliphatic heterocycles. The molecule has 0 radical (unpaired) electrons. The first kappa shape index (κ1) is 14.9. The summed E-state index contributed by atoms with van der Waals surface area (Å²) in [7, 11) is 1.62. The Labute approximate surface area is 137 Å². The van der Waals surface area contributed by atoms with Crippen LogP contribution in [0.3, 0.4) is 0 Å². The molecule has 1 aromatic heterocycles. The van der Waals surface area contributed by atoms with Crippen molar-refractivity contribution in [3.8, 4) is 17.2 Å². The van der Waals surface area contributed by atoms with E-state index < -0.39 is 0 Å². The largest absolute Gasteiger partial charge is 0.497 e. The van der Waals surface area contributed by atoms with Crippen molar-refractivity contribution in [2.24, 2.45) is 0 Å². The minimum absolute atomic E-state index is 0.479. The minimum atomic E-state index is 0.479. The van der Waals surface area contributed by atoms with Gasteiger partial charge in [0.15, 0.2) is 0 Å². The smallest absolute Gasteiger partial charge is 0.277 e. The molecule has 22 heavy (non-hydrogen) atoms. The first-order chi connectivity index (χ1) is 10.7. The SMILES string of the molecule is COc1cccc(-c2nnc(SCc3cccc(Cl)c3)o2)c1. The average molecular weight is 333 g/mol. The van der Waals surface area contributed by atoms with Crippen LogP contribution in [0.25, 0.3) is 11.5 Å². The van der Waals surface area contributed by atoms with Crippen molar-refractivity contribution in [1.82, 2.24) is 10.2 Å². The molecule has 2 aromatic carbocycles. The third kappa shape index (κ3) is 3.61. The summed E-state index contributed by atoms with van der Waals surface area (Å²) < 4.78 is 10.9. The molecule has 3 rings (SSSR count). The van der Waals surface area contributed by atoms with E-state index in [1.54, 1.807) is 7.11 Å². The number of benzene rings is 2. The molecule has 0 saturated carbocycles. The molecule has 0 fully saturated rings. The predicted octanol–water partition coefficient (Wildman–Crippen LogP) is 4.69. The second-order valence-corrected chi connectivity index (χ2v) is 5.89. The van der Waals surface area contributed by atoms with E-state index in [9.17, 15) is 0 Å². The normalized spacial score (nSPS) is 10.6. The number of methoxy groups -OCH3 is 1. The summed E-state index contributed by atoms with van der Waals surface area (Å²) in [6, 6.07) is 15.2. The number of nitrogens with zero attached hydrogens (tertiary/aromatic N) is 2. The zero-order chi connectivity index (χ0) is 15.4. The van der Waals surface area contributed by atoms with Crippen molar-refractivity contribution in [3.05, 3.63) is 59.1 Å². The molecule has 0 spiro atoms. The molecule has 112 valence electrons. The Balaban J connectivity index is 1.71. The fourth-order valence-electron chi connectivity index (χ4n) is 1.91. The van der Waals surface area contributed by atoms with Gasteiger partial charge in [0.05, 0.1) is 7.11 Å². The molecule has 3 aromatic rings. The van der Waals surface area contributed by atoms with E-state index in [4.69, 9.17) is 20.8 Å². The van der Waals surface area contributed by atoms with E-state index in [1.165, 1.54) is 11.8 Å². The van der Waals surface area contributed by atoms with Crippen molar-refractivity contribution < 1.29 is 9.15 Å². The summed E-state index contributed by atoms with van der Waals surface area (Å²) in [5.74, 6) is 1.96. The second kappa shape index (κ2) is 6.85. The average Bonchev–Trinajstić information content (AvgIpc) is 3.02. The maximum absolute atomic E-state index is 5.97. The summed E-state index contributed by atoms with van der Waals surface area (Å²) >= 11 is 7.44. The van der Waals surface area contributed by atoms with Gasteiger partial charge in [0.2, 0.25) is 5.89 Å². The maximum Gasteiger partial charge on any atom is 0.277 e. The second-order valence-electron chi connectivity index (χ2n) is 4.52. The summed E-state index contributed by atoms with van der Waals surface area (Å²) in [6.07, 6.45) is 0. The zero-order valence-electron chi connectivity index (χ0n) is 11.8. The van der Waals surface area contributed by atoms with Gasteiger partial charge < -0.3 is 9.15 Å². The molecule has 4 nitrogen and oxygen atoms in total. The molecule has 0 N–H and O–H groups in total. The van der Waals surface area contributed by atoms with Crippen molar-refractivity contribution in [3.63, 3.8) is 0 Å². The Morgan fingerprint density at radius 3 is 2.82 bits per heavy atom. The number of thioether (sulfide) groups is 1. The summed E-state index contributed by atoms with van der Waals surface area (Å²) in [5, 5.41) is 9.38. The lowest BCUT2D eigenvalue weighted by Crippen LogP contribution is -1.83. The van der Waals surface area contributed by atoms with Gasteiger partial charge in [-0.3, -0.25) is 0 Å². The minimum Gasteiger partial charge on any atom is -0.497 e. The van der Waals surface area contributed by atoms with Gasteiger partial charge in [0.1, 0.15) is 5.75 Å². The standard InChI is InChI=1S/C16H13ClN2O2S/c1-20-14-7-3-5-12(9-14)15-18-19-16(21-15)22-10-11-4-2-6-13(17)8-11/h2-9H,10H2,1H3. The number of rotatable bonds is 5. The number of hydrogen-bond donors (Lipinski definition) is 0. The third-order valence-electron chi connectivity index (χ3n) is 2.97. The van der Waals surface area contributed by atoms with Gasteiger partial charge in [-0.15, -0.1) is 10.2 Å². The van der Waals surface area contributed by atoms with Crippen LogP contribution in [0.15, 0.2) is 58.2 Å². The lowest BCUT2D eigenvalue weighted by molar-refractivity contribution is 0.414. The Bertz CT molecular complexity index is 776. The van der Waals surface area contributed by atoms with Crippen LogP contribution in [0.5, 0.6) is 5.75 Å². The lowest BCUT2D eigenvalue weighted by Gasteiger charge is -2.00.